The Kier molecular flexibility index (Phi) is 11.0. The van der Waals surface area contributed by atoms with Crippen LogP contribution < -0.4 is 21.2 Å². The summed E-state index contributed by atoms with van der Waals surface area (Å²) in [7, 11) is 0. The van der Waals surface area contributed by atoms with Crippen molar-refractivity contribution in [3.8, 4) is 0 Å². The lowest BCUT2D eigenvalue weighted by atomic mass is 9.60. The Morgan fingerprint density at radius 2 is 1.59 bits per heavy atom. The number of aromatic nitrogens is 4. The highest BCUT2D eigenvalue weighted by Gasteiger charge is 2.52. The van der Waals surface area contributed by atoms with Crippen LogP contribution in [0.3, 0.4) is 0 Å². The fourth-order valence-corrected chi connectivity index (χ4v) is 12.3. The summed E-state index contributed by atoms with van der Waals surface area (Å²) in [6, 6.07) is 20.1. The van der Waals surface area contributed by atoms with Crippen LogP contribution in [0.2, 0.25) is 0 Å². The lowest BCUT2D eigenvalue weighted by molar-refractivity contribution is -0.164. The minimum atomic E-state index is -1.59. The quantitative estimate of drug-likeness (QED) is 0.142. The van der Waals surface area contributed by atoms with Crippen molar-refractivity contribution in [1.82, 2.24) is 50.1 Å². The van der Waals surface area contributed by atoms with Gasteiger partial charge in [0, 0.05) is 37.6 Å². The number of piperidine rings is 3. The van der Waals surface area contributed by atoms with Gasteiger partial charge in [-0.3, -0.25) is 44.4 Å². The summed E-state index contributed by atoms with van der Waals surface area (Å²) in [6.45, 7) is 3.12. The van der Waals surface area contributed by atoms with Gasteiger partial charge in [0.25, 0.3) is 11.8 Å². The van der Waals surface area contributed by atoms with E-state index in [1.807, 2.05) is 52.0 Å². The Hall–Kier alpha value is -7.09. The number of imidazole rings is 1. The van der Waals surface area contributed by atoms with E-state index in [-0.39, 0.29) is 52.9 Å². The van der Waals surface area contributed by atoms with Crippen LogP contribution in [-0.2, 0) is 25.6 Å². The van der Waals surface area contributed by atoms with E-state index in [2.05, 4.69) is 38.1 Å². The standard InChI is InChI=1S/C51H54N12O7/c64-40-14-13-39(47(66)56-40)61-48(67)38-8-4-7-37(42(38)49(61)68)44(50(69)70)63-59-21-17-51(18-22-59)26-36(27-51)58-19-15-32(16-20-58)31-9-11-34(12-10-31)62(63)57-45-43-46(53-28-52-45)60(29-54-43)35-24-33(25-35)55-41(65)23-30-5-2-1-3-6-30/h1-12,28-29,32-33,35-36,39,44H,13-27H2,(H,55,65)(H,69,70)(H,52,53,57)(H,56,64,66)/t33?,35?,39-,44-/m0/s1. The SMILES string of the molecule is O=C1CC[C@H](N2C(=O)c3cccc([C@@H](C(=O)O)N4N5CCC6(CC5)CC(C6)N5CCC(CC5)c5ccc(cc5)N4Nc4ncnc5c4ncn5C4CC(NC(=O)Cc5ccccc5)C4)c3C2=O)C(=O)N1. The average molecular weight is 947 g/mol. The summed E-state index contributed by atoms with van der Waals surface area (Å²) in [5.74, 6) is -3.42. The van der Waals surface area contributed by atoms with Crippen molar-refractivity contribution in [2.45, 2.75) is 107 Å². The molecule has 0 radical (unpaired) electrons. The maximum absolute atomic E-state index is 14.7. The smallest absolute Gasteiger partial charge is 0.329 e. The van der Waals surface area contributed by atoms with Gasteiger partial charge in [-0.2, -0.15) is 0 Å². The number of imide groups is 2. The molecule has 0 unspecified atom stereocenters. The third-order valence-corrected chi connectivity index (χ3v) is 16.2. The molecule has 70 heavy (non-hydrogen) atoms. The number of rotatable bonds is 10. The summed E-state index contributed by atoms with van der Waals surface area (Å²) in [4.78, 5) is 99.0. The van der Waals surface area contributed by atoms with Crippen LogP contribution in [-0.4, -0.2) is 124 Å². The Bertz CT molecular complexity index is 2920. The minimum absolute atomic E-state index is 0.00755. The van der Waals surface area contributed by atoms with E-state index in [9.17, 15) is 33.9 Å². The number of anilines is 2. The van der Waals surface area contributed by atoms with Gasteiger partial charge in [0.05, 0.1) is 29.6 Å². The van der Waals surface area contributed by atoms with Crippen molar-refractivity contribution < 1.29 is 33.9 Å². The van der Waals surface area contributed by atoms with E-state index in [1.54, 1.807) is 28.7 Å². The monoisotopic (exact) mass is 946 g/mol. The predicted molar refractivity (Wildman–Crippen MR) is 253 cm³/mol. The Balaban J connectivity index is 0.923. The molecule has 14 aliphatic rings. The maximum atomic E-state index is 14.7. The first-order valence-electron chi connectivity index (χ1n) is 24.5. The number of benzene rings is 3. The largest absolute Gasteiger partial charge is 0.480 e. The zero-order valence-electron chi connectivity index (χ0n) is 38.6. The molecule has 2 saturated carbocycles. The molecule has 19 rings (SSSR count). The second kappa shape index (κ2) is 17.4. The molecule has 3 saturated heterocycles. The summed E-state index contributed by atoms with van der Waals surface area (Å²) in [5, 5.41) is 22.4. The number of amides is 5. The van der Waals surface area contributed by atoms with Crippen LogP contribution in [0.4, 0.5) is 11.5 Å². The Labute approximate surface area is 403 Å². The van der Waals surface area contributed by atoms with Crippen LogP contribution in [0.5, 0.6) is 0 Å². The number of carboxylic acids is 1. The van der Waals surface area contributed by atoms with Gasteiger partial charge in [0.15, 0.2) is 23.0 Å². The van der Waals surface area contributed by atoms with Crippen molar-refractivity contribution in [2.75, 3.05) is 36.7 Å². The second-order valence-corrected chi connectivity index (χ2v) is 20.2. The molecule has 2 aromatic heterocycles. The Morgan fingerprint density at radius 1 is 0.829 bits per heavy atom. The molecule has 4 N–H and O–H groups in total. The number of nitrogens with zero attached hydrogens (tertiary/aromatic N) is 9. The van der Waals surface area contributed by atoms with Crippen LogP contribution in [0.25, 0.3) is 11.2 Å². The highest BCUT2D eigenvalue weighted by Crippen LogP contribution is 2.53. The topological polar surface area (TPSA) is 219 Å². The molecule has 19 heteroatoms. The van der Waals surface area contributed by atoms with E-state index in [0.29, 0.717) is 67.0 Å². The molecule has 360 valence electrons. The second-order valence-electron chi connectivity index (χ2n) is 20.2. The molecule has 5 amide bonds. The molecular formula is C51H54N12O7. The summed E-state index contributed by atoms with van der Waals surface area (Å²) in [5.41, 5.74) is 7.31. The molecule has 5 fully saturated rings. The van der Waals surface area contributed by atoms with Gasteiger partial charge in [0.1, 0.15) is 12.4 Å². The minimum Gasteiger partial charge on any atom is -0.480 e. The molecule has 1 spiro atoms. The average Bonchev–Trinajstić information content (AvgIpc) is 3.88. The van der Waals surface area contributed by atoms with E-state index in [0.717, 1.165) is 62.1 Å². The molecule has 2 atom stereocenters. The molecule has 12 aliphatic heterocycles. The summed E-state index contributed by atoms with van der Waals surface area (Å²) in [6.07, 6.45) is 10.7. The number of carbonyl (C=O) groups is 6. The molecule has 14 heterocycles. The third-order valence-electron chi connectivity index (χ3n) is 16.2. The zero-order chi connectivity index (χ0) is 47.8. The summed E-state index contributed by atoms with van der Waals surface area (Å²) >= 11 is 0. The van der Waals surface area contributed by atoms with Crippen LogP contribution in [0, 0.1) is 5.41 Å². The molecule has 3 aromatic carbocycles. The number of hydrogen-bond donors (Lipinski definition) is 4. The third kappa shape index (κ3) is 7.66. The van der Waals surface area contributed by atoms with Gasteiger partial charge in [-0.25, -0.2) is 25.1 Å². The predicted octanol–water partition coefficient (Wildman–Crippen LogP) is 4.52. The van der Waals surface area contributed by atoms with Crippen LogP contribution >= 0.6 is 0 Å². The number of nitrogens with one attached hydrogen (secondary N) is 3. The molecule has 7 bridgehead atoms. The van der Waals surface area contributed by atoms with Gasteiger partial charge < -0.3 is 19.9 Å². The van der Waals surface area contributed by atoms with Gasteiger partial charge in [-0.1, -0.05) is 54.6 Å². The molecule has 5 aromatic rings. The van der Waals surface area contributed by atoms with Gasteiger partial charge in [0.2, 0.25) is 17.7 Å². The van der Waals surface area contributed by atoms with Crippen molar-refractivity contribution in [1.29, 1.82) is 0 Å². The van der Waals surface area contributed by atoms with Crippen LogP contribution in [0.15, 0.2) is 85.5 Å². The first-order valence-corrected chi connectivity index (χ1v) is 24.5. The number of hydrazine groups is 3. The lowest BCUT2D eigenvalue weighted by Gasteiger charge is -2.58. The molecular weight excluding hydrogens is 893 g/mol. The number of carbonyl (C=O) groups excluding carboxylic acids is 5. The first-order chi connectivity index (χ1) is 34.0. The molecule has 2 aliphatic carbocycles. The number of hydrogen-bond acceptors (Lipinski definition) is 14. The fraction of sp³-hybridized carbons (Fsp3) is 0.431. The highest BCUT2D eigenvalue weighted by atomic mass is 16.4. The van der Waals surface area contributed by atoms with Gasteiger partial charge >= 0.3 is 5.97 Å². The van der Waals surface area contributed by atoms with E-state index in [1.165, 1.54) is 18.0 Å². The maximum Gasteiger partial charge on any atom is 0.329 e. The zero-order valence-corrected chi connectivity index (χ0v) is 38.6. The van der Waals surface area contributed by atoms with Gasteiger partial charge in [-0.05, 0) is 117 Å². The number of fused-ring (bicyclic) bond motifs is 2. The highest BCUT2D eigenvalue weighted by molar-refractivity contribution is 6.24. The van der Waals surface area contributed by atoms with Crippen molar-refractivity contribution in [3.63, 3.8) is 0 Å². The lowest BCUT2D eigenvalue weighted by Crippen LogP contribution is -2.63. The van der Waals surface area contributed by atoms with E-state index >= 15 is 0 Å². The van der Waals surface area contributed by atoms with E-state index in [4.69, 9.17) is 9.97 Å². The first kappa shape index (κ1) is 44.1. The normalized spacial score (nSPS) is 28.8. The van der Waals surface area contributed by atoms with Crippen LogP contribution in [0.1, 0.15) is 120 Å². The number of carboxylic acid groups (broad SMARTS) is 1. The number of aliphatic carboxylic acids is 1. The van der Waals surface area contributed by atoms with Gasteiger partial charge in [-0.15, -0.1) is 5.12 Å². The fourth-order valence-electron chi connectivity index (χ4n) is 12.3. The van der Waals surface area contributed by atoms with Crippen molar-refractivity contribution in [3.05, 3.63) is 113 Å². The summed E-state index contributed by atoms with van der Waals surface area (Å²) < 4.78 is 1.99. The Morgan fingerprint density at radius 3 is 2.31 bits per heavy atom. The van der Waals surface area contributed by atoms with Crippen molar-refractivity contribution >= 4 is 58.2 Å². The molecule has 19 nitrogen and oxygen atoms in total. The van der Waals surface area contributed by atoms with E-state index < -0.39 is 41.7 Å². The van der Waals surface area contributed by atoms with Crippen molar-refractivity contribution in [2.24, 2.45) is 5.41 Å².